The van der Waals surface area contributed by atoms with Gasteiger partial charge in [0.1, 0.15) is 0 Å². The summed E-state index contributed by atoms with van der Waals surface area (Å²) in [5, 5.41) is 6.58. The predicted molar refractivity (Wildman–Crippen MR) is 67.9 cm³/mol. The maximum absolute atomic E-state index is 12.1. The van der Waals surface area contributed by atoms with Crippen LogP contribution in [0.4, 0.5) is 18.9 Å². The summed E-state index contributed by atoms with van der Waals surface area (Å²) < 4.78 is 36.4. The van der Waals surface area contributed by atoms with Gasteiger partial charge in [-0.2, -0.15) is 13.2 Å². The van der Waals surface area contributed by atoms with Crippen LogP contribution in [0.25, 0.3) is 0 Å². The highest BCUT2D eigenvalue weighted by Crippen LogP contribution is 2.36. The van der Waals surface area contributed by atoms with E-state index in [4.69, 9.17) is 0 Å². The average Bonchev–Trinajstić information content (AvgIpc) is 2.79. The van der Waals surface area contributed by atoms with Gasteiger partial charge in [0.25, 0.3) is 0 Å². The van der Waals surface area contributed by atoms with Gasteiger partial charge in [-0.1, -0.05) is 0 Å². The van der Waals surface area contributed by atoms with E-state index >= 15 is 0 Å². The van der Waals surface area contributed by atoms with Gasteiger partial charge in [0.05, 0.1) is 0 Å². The molecule has 1 saturated heterocycles. The van der Waals surface area contributed by atoms with Gasteiger partial charge in [-0.05, 0) is 55.4 Å². The topological polar surface area (TPSA) is 24.1 Å². The summed E-state index contributed by atoms with van der Waals surface area (Å²) in [4.78, 5) is 0.215. The molecular weight excluding hydrogens is 261 g/mol. The smallest absolute Gasteiger partial charge is 0.383 e. The molecule has 18 heavy (non-hydrogen) atoms. The Labute approximate surface area is 108 Å². The normalized spacial score (nSPS) is 20.1. The zero-order valence-electron chi connectivity index (χ0n) is 9.76. The Bertz CT molecular complexity index is 372. The predicted octanol–water partition coefficient (Wildman–Crippen LogP) is 3.46. The highest BCUT2D eigenvalue weighted by atomic mass is 32.2. The fourth-order valence-electron chi connectivity index (χ4n) is 1.95. The van der Waals surface area contributed by atoms with Gasteiger partial charge in [-0.15, -0.1) is 0 Å². The summed E-state index contributed by atoms with van der Waals surface area (Å²) >= 11 is -0.0873. The van der Waals surface area contributed by atoms with Crippen molar-refractivity contribution < 1.29 is 13.2 Å². The van der Waals surface area contributed by atoms with E-state index in [-0.39, 0.29) is 16.7 Å². The van der Waals surface area contributed by atoms with Gasteiger partial charge in [-0.3, -0.25) is 0 Å². The van der Waals surface area contributed by atoms with Crippen LogP contribution in [0.5, 0.6) is 0 Å². The Kier molecular flexibility index (Phi) is 4.40. The van der Waals surface area contributed by atoms with E-state index in [2.05, 4.69) is 10.6 Å². The molecule has 0 aromatic heterocycles. The van der Waals surface area contributed by atoms with Crippen LogP contribution in [0, 0.1) is 0 Å². The van der Waals surface area contributed by atoms with Gasteiger partial charge < -0.3 is 10.6 Å². The fraction of sp³-hybridized carbons (Fsp3) is 0.500. The number of anilines is 1. The molecule has 0 saturated carbocycles. The molecule has 0 aliphatic carbocycles. The third-order valence-electron chi connectivity index (χ3n) is 2.80. The highest BCUT2D eigenvalue weighted by molar-refractivity contribution is 8.00. The van der Waals surface area contributed by atoms with Gasteiger partial charge in [0.2, 0.25) is 0 Å². The molecule has 1 aromatic rings. The average molecular weight is 276 g/mol. The van der Waals surface area contributed by atoms with E-state index < -0.39 is 5.51 Å². The molecule has 0 radical (unpaired) electrons. The molecule has 1 fully saturated rings. The lowest BCUT2D eigenvalue weighted by atomic mass is 10.2. The van der Waals surface area contributed by atoms with Crippen molar-refractivity contribution in [3.8, 4) is 0 Å². The van der Waals surface area contributed by atoms with Crippen molar-refractivity contribution in [1.82, 2.24) is 5.32 Å². The molecule has 6 heteroatoms. The molecule has 2 rings (SSSR count). The number of halogens is 3. The molecule has 0 spiro atoms. The first-order valence-corrected chi connectivity index (χ1v) is 6.68. The number of hydrogen-bond donors (Lipinski definition) is 2. The number of alkyl halides is 3. The third-order valence-corrected chi connectivity index (χ3v) is 3.54. The van der Waals surface area contributed by atoms with Gasteiger partial charge in [0, 0.05) is 23.2 Å². The van der Waals surface area contributed by atoms with Crippen molar-refractivity contribution in [3.05, 3.63) is 24.3 Å². The van der Waals surface area contributed by atoms with Crippen molar-refractivity contribution >= 4 is 17.4 Å². The fourth-order valence-corrected chi connectivity index (χ4v) is 2.49. The maximum atomic E-state index is 12.1. The monoisotopic (exact) mass is 276 g/mol. The maximum Gasteiger partial charge on any atom is 0.446 e. The summed E-state index contributed by atoms with van der Waals surface area (Å²) in [6, 6.07) is 6.81. The van der Waals surface area contributed by atoms with Gasteiger partial charge >= 0.3 is 5.51 Å². The number of rotatable bonds is 4. The zero-order valence-corrected chi connectivity index (χ0v) is 10.6. The molecule has 2 nitrogen and oxygen atoms in total. The van der Waals surface area contributed by atoms with Crippen LogP contribution in [-0.2, 0) is 0 Å². The van der Waals surface area contributed by atoms with Gasteiger partial charge in [-0.25, -0.2) is 0 Å². The molecule has 1 heterocycles. The first-order chi connectivity index (χ1) is 8.53. The van der Waals surface area contributed by atoms with Crippen LogP contribution in [0.15, 0.2) is 29.2 Å². The van der Waals surface area contributed by atoms with Crippen molar-refractivity contribution in [2.45, 2.75) is 29.3 Å². The first-order valence-electron chi connectivity index (χ1n) is 5.86. The molecule has 2 N–H and O–H groups in total. The third kappa shape index (κ3) is 4.42. The Balaban J connectivity index is 1.83. The standard InChI is InChI=1S/C12H15F3N2S/c13-12(14,15)18-11-5-3-9(4-6-11)17-8-10-2-1-7-16-10/h3-6,10,16-17H,1-2,7-8H2. The molecule has 100 valence electrons. The molecule has 1 aliphatic rings. The Hall–Kier alpha value is -0.880. The summed E-state index contributed by atoms with van der Waals surface area (Å²) in [7, 11) is 0. The largest absolute Gasteiger partial charge is 0.446 e. The van der Waals surface area contributed by atoms with Crippen LogP contribution < -0.4 is 10.6 Å². The molecule has 0 amide bonds. The summed E-state index contributed by atoms with van der Waals surface area (Å²) in [6.45, 7) is 1.86. The van der Waals surface area contributed by atoms with Crippen LogP contribution in [0.2, 0.25) is 0 Å². The number of thioether (sulfide) groups is 1. The lowest BCUT2D eigenvalue weighted by Crippen LogP contribution is -2.29. The van der Waals surface area contributed by atoms with E-state index in [9.17, 15) is 13.2 Å². The molecule has 1 aliphatic heterocycles. The lowest BCUT2D eigenvalue weighted by Gasteiger charge is -2.13. The molecule has 1 unspecified atom stereocenters. The van der Waals surface area contributed by atoms with Crippen LogP contribution in [-0.4, -0.2) is 24.6 Å². The van der Waals surface area contributed by atoms with Crippen LogP contribution in [0.1, 0.15) is 12.8 Å². The van der Waals surface area contributed by atoms with E-state index in [0.717, 1.165) is 25.2 Å². The second-order valence-electron chi connectivity index (χ2n) is 4.25. The lowest BCUT2D eigenvalue weighted by molar-refractivity contribution is -0.0328. The van der Waals surface area contributed by atoms with Gasteiger partial charge in [0.15, 0.2) is 0 Å². The first kappa shape index (κ1) is 13.5. The Morgan fingerprint density at radius 1 is 1.28 bits per heavy atom. The second-order valence-corrected chi connectivity index (χ2v) is 5.38. The molecule has 1 atom stereocenters. The minimum atomic E-state index is -4.22. The Morgan fingerprint density at radius 2 is 2.00 bits per heavy atom. The van der Waals surface area contributed by atoms with E-state index in [0.29, 0.717) is 6.04 Å². The molecule has 1 aromatic carbocycles. The summed E-state index contributed by atoms with van der Waals surface area (Å²) in [5.74, 6) is 0. The molecule has 0 bridgehead atoms. The van der Waals surface area contributed by atoms with Crippen LogP contribution >= 0.6 is 11.8 Å². The summed E-state index contributed by atoms with van der Waals surface area (Å²) in [5.41, 5.74) is -3.36. The van der Waals surface area contributed by atoms with Crippen molar-refractivity contribution in [2.24, 2.45) is 0 Å². The van der Waals surface area contributed by atoms with Crippen LogP contribution in [0.3, 0.4) is 0 Å². The highest BCUT2D eigenvalue weighted by Gasteiger charge is 2.28. The zero-order chi connectivity index (χ0) is 13.0. The van der Waals surface area contributed by atoms with Crippen molar-refractivity contribution in [1.29, 1.82) is 0 Å². The van der Waals surface area contributed by atoms with Crippen molar-refractivity contribution in [2.75, 3.05) is 18.4 Å². The van der Waals surface area contributed by atoms with Crippen molar-refractivity contribution in [3.63, 3.8) is 0 Å². The number of hydrogen-bond acceptors (Lipinski definition) is 3. The molecular formula is C12H15F3N2S. The van der Waals surface area contributed by atoms with E-state index in [1.165, 1.54) is 18.6 Å². The SMILES string of the molecule is FC(F)(F)Sc1ccc(NCC2CCCN2)cc1. The Morgan fingerprint density at radius 3 is 2.56 bits per heavy atom. The quantitative estimate of drug-likeness (QED) is 0.824. The minimum absolute atomic E-state index is 0.0873. The number of nitrogens with one attached hydrogen (secondary N) is 2. The minimum Gasteiger partial charge on any atom is -0.383 e. The summed E-state index contributed by atoms with van der Waals surface area (Å²) in [6.07, 6.45) is 2.34. The number of benzene rings is 1. The van der Waals surface area contributed by atoms with E-state index in [1.54, 1.807) is 12.1 Å². The second kappa shape index (κ2) is 5.84. The van der Waals surface area contributed by atoms with E-state index in [1.807, 2.05) is 0 Å².